The summed E-state index contributed by atoms with van der Waals surface area (Å²) in [6.07, 6.45) is 4.35. The van der Waals surface area contributed by atoms with Crippen LogP contribution >= 0.6 is 15.9 Å². The number of halogens is 1. The van der Waals surface area contributed by atoms with Gasteiger partial charge in [0.15, 0.2) is 0 Å². The first kappa shape index (κ1) is 14.4. The Morgan fingerprint density at radius 1 is 1.16 bits per heavy atom. The molecule has 0 atom stereocenters. The topological polar surface area (TPSA) is 17.0 Å². The normalized spacial score (nSPS) is 11.8. The molecule has 0 aliphatic carbocycles. The minimum absolute atomic E-state index is 0.159. The molecule has 0 bridgehead atoms. The zero-order valence-electron chi connectivity index (χ0n) is 11.8. The fourth-order valence-corrected chi connectivity index (χ4v) is 2.35. The Hall–Kier alpha value is -1.06. The smallest absolute Gasteiger partial charge is 0.0470 e. The molecule has 0 saturated heterocycles. The van der Waals surface area contributed by atoms with E-state index in [0.717, 1.165) is 17.6 Å². The standard InChI is InChI=1S/C16H21BrN2/c1-16(2,3)18-10-14-7-8-19(12-14)11-13-5-4-6-15(17)9-13/h4-9,12,18H,10-11H2,1-3H3. The molecule has 0 aliphatic rings. The van der Waals surface area contributed by atoms with Crippen LogP contribution in [-0.2, 0) is 13.1 Å². The van der Waals surface area contributed by atoms with Gasteiger partial charge >= 0.3 is 0 Å². The third kappa shape index (κ3) is 4.84. The molecule has 3 heteroatoms. The fraction of sp³-hybridized carbons (Fsp3) is 0.375. The van der Waals surface area contributed by atoms with E-state index in [1.165, 1.54) is 11.1 Å². The maximum atomic E-state index is 3.51. The van der Waals surface area contributed by atoms with Crippen LogP contribution in [0.3, 0.4) is 0 Å². The molecule has 0 fully saturated rings. The van der Waals surface area contributed by atoms with E-state index in [-0.39, 0.29) is 5.54 Å². The lowest BCUT2D eigenvalue weighted by Gasteiger charge is -2.19. The van der Waals surface area contributed by atoms with Crippen molar-refractivity contribution in [1.82, 2.24) is 9.88 Å². The van der Waals surface area contributed by atoms with Gasteiger partial charge in [0.25, 0.3) is 0 Å². The number of nitrogens with zero attached hydrogens (tertiary/aromatic N) is 1. The van der Waals surface area contributed by atoms with Crippen LogP contribution in [0.1, 0.15) is 31.9 Å². The molecule has 102 valence electrons. The Morgan fingerprint density at radius 3 is 2.63 bits per heavy atom. The quantitative estimate of drug-likeness (QED) is 0.893. The Bertz CT molecular complexity index is 538. The van der Waals surface area contributed by atoms with Crippen molar-refractivity contribution in [3.05, 3.63) is 58.3 Å². The molecule has 19 heavy (non-hydrogen) atoms. The largest absolute Gasteiger partial charge is 0.350 e. The van der Waals surface area contributed by atoms with E-state index < -0.39 is 0 Å². The first-order chi connectivity index (χ1) is 8.92. The van der Waals surface area contributed by atoms with Gasteiger partial charge in [-0.3, -0.25) is 0 Å². The van der Waals surface area contributed by atoms with E-state index >= 15 is 0 Å². The zero-order valence-corrected chi connectivity index (χ0v) is 13.4. The number of aromatic nitrogens is 1. The van der Waals surface area contributed by atoms with Crippen molar-refractivity contribution in [2.24, 2.45) is 0 Å². The van der Waals surface area contributed by atoms with Crippen LogP contribution in [0.4, 0.5) is 0 Å². The lowest BCUT2D eigenvalue weighted by molar-refractivity contribution is 0.424. The van der Waals surface area contributed by atoms with Crippen LogP contribution in [0, 0.1) is 0 Å². The molecule has 0 radical (unpaired) electrons. The van der Waals surface area contributed by atoms with Gasteiger partial charge in [0.05, 0.1) is 0 Å². The second-order valence-corrected chi connectivity index (χ2v) is 6.84. The van der Waals surface area contributed by atoms with Crippen LogP contribution in [0.15, 0.2) is 47.2 Å². The monoisotopic (exact) mass is 320 g/mol. The van der Waals surface area contributed by atoms with E-state index in [9.17, 15) is 0 Å². The molecule has 0 spiro atoms. The van der Waals surface area contributed by atoms with Crippen LogP contribution in [0.2, 0.25) is 0 Å². The van der Waals surface area contributed by atoms with Gasteiger partial charge in [-0.15, -0.1) is 0 Å². The van der Waals surface area contributed by atoms with E-state index in [4.69, 9.17) is 0 Å². The van der Waals surface area contributed by atoms with Gasteiger partial charge in [0.2, 0.25) is 0 Å². The molecule has 2 nitrogen and oxygen atoms in total. The Kier molecular flexibility index (Phi) is 4.48. The third-order valence-corrected chi connectivity index (χ3v) is 3.38. The van der Waals surface area contributed by atoms with Crippen molar-refractivity contribution in [1.29, 1.82) is 0 Å². The van der Waals surface area contributed by atoms with Gasteiger partial charge in [-0.25, -0.2) is 0 Å². The van der Waals surface area contributed by atoms with Crippen molar-refractivity contribution in [2.75, 3.05) is 0 Å². The highest BCUT2D eigenvalue weighted by Crippen LogP contribution is 2.13. The summed E-state index contributed by atoms with van der Waals surface area (Å²) in [6.45, 7) is 8.38. The first-order valence-corrected chi connectivity index (χ1v) is 7.36. The third-order valence-electron chi connectivity index (χ3n) is 2.89. The predicted octanol–water partition coefficient (Wildman–Crippen LogP) is 4.19. The van der Waals surface area contributed by atoms with Crippen LogP contribution in [0.25, 0.3) is 0 Å². The number of hydrogen-bond donors (Lipinski definition) is 1. The SMILES string of the molecule is CC(C)(C)NCc1ccn(Cc2cccc(Br)c2)c1. The van der Waals surface area contributed by atoms with E-state index in [2.05, 4.69) is 89.3 Å². The number of hydrogen-bond acceptors (Lipinski definition) is 1. The summed E-state index contributed by atoms with van der Waals surface area (Å²) in [7, 11) is 0. The van der Waals surface area contributed by atoms with Crippen molar-refractivity contribution in [3.63, 3.8) is 0 Å². The van der Waals surface area contributed by atoms with E-state index in [0.29, 0.717) is 0 Å². The van der Waals surface area contributed by atoms with Crippen molar-refractivity contribution in [2.45, 2.75) is 39.4 Å². The second kappa shape index (κ2) is 5.93. The maximum absolute atomic E-state index is 3.51. The van der Waals surface area contributed by atoms with Crippen molar-refractivity contribution < 1.29 is 0 Å². The second-order valence-electron chi connectivity index (χ2n) is 5.93. The minimum Gasteiger partial charge on any atom is -0.350 e. The maximum Gasteiger partial charge on any atom is 0.0470 e. The molecule has 1 aromatic carbocycles. The van der Waals surface area contributed by atoms with Crippen LogP contribution < -0.4 is 5.32 Å². The highest BCUT2D eigenvalue weighted by atomic mass is 79.9. The molecule has 1 N–H and O–H groups in total. The molecule has 0 unspecified atom stereocenters. The summed E-state index contributed by atoms with van der Waals surface area (Å²) >= 11 is 3.51. The van der Waals surface area contributed by atoms with E-state index in [1.54, 1.807) is 0 Å². The fourth-order valence-electron chi connectivity index (χ4n) is 1.91. The van der Waals surface area contributed by atoms with Crippen molar-refractivity contribution >= 4 is 15.9 Å². The summed E-state index contributed by atoms with van der Waals surface area (Å²) in [5.41, 5.74) is 2.79. The molecule has 2 aromatic rings. The van der Waals surface area contributed by atoms with Crippen LogP contribution in [0.5, 0.6) is 0 Å². The summed E-state index contributed by atoms with van der Waals surface area (Å²) in [4.78, 5) is 0. The summed E-state index contributed by atoms with van der Waals surface area (Å²) < 4.78 is 3.35. The van der Waals surface area contributed by atoms with Gasteiger partial charge in [0, 0.05) is 35.5 Å². The Balaban J connectivity index is 1.97. The van der Waals surface area contributed by atoms with Crippen LogP contribution in [-0.4, -0.2) is 10.1 Å². The molecular weight excluding hydrogens is 300 g/mol. The average molecular weight is 321 g/mol. The van der Waals surface area contributed by atoms with Gasteiger partial charge < -0.3 is 9.88 Å². The highest BCUT2D eigenvalue weighted by Gasteiger charge is 2.08. The number of rotatable bonds is 4. The van der Waals surface area contributed by atoms with Crippen molar-refractivity contribution in [3.8, 4) is 0 Å². The summed E-state index contributed by atoms with van der Waals surface area (Å²) in [5.74, 6) is 0. The number of nitrogens with one attached hydrogen (secondary N) is 1. The molecule has 0 amide bonds. The lowest BCUT2D eigenvalue weighted by Crippen LogP contribution is -2.34. The highest BCUT2D eigenvalue weighted by molar-refractivity contribution is 9.10. The van der Waals surface area contributed by atoms with Gasteiger partial charge in [-0.05, 0) is 50.1 Å². The molecule has 0 aliphatic heterocycles. The van der Waals surface area contributed by atoms with E-state index in [1.807, 2.05) is 0 Å². The average Bonchev–Trinajstić information content (AvgIpc) is 2.73. The Labute approximate surface area is 124 Å². The van der Waals surface area contributed by atoms with Gasteiger partial charge in [-0.1, -0.05) is 28.1 Å². The Morgan fingerprint density at radius 2 is 1.95 bits per heavy atom. The summed E-state index contributed by atoms with van der Waals surface area (Å²) in [5, 5.41) is 3.50. The molecule has 2 rings (SSSR count). The minimum atomic E-state index is 0.159. The lowest BCUT2D eigenvalue weighted by atomic mass is 10.1. The number of benzene rings is 1. The van der Waals surface area contributed by atoms with Gasteiger partial charge in [0.1, 0.15) is 0 Å². The molecule has 1 aromatic heterocycles. The molecule has 0 saturated carbocycles. The molecular formula is C16H21BrN2. The van der Waals surface area contributed by atoms with Gasteiger partial charge in [-0.2, -0.15) is 0 Å². The predicted molar refractivity (Wildman–Crippen MR) is 84.3 cm³/mol. The molecule has 1 heterocycles. The zero-order chi connectivity index (χ0) is 13.9. The first-order valence-electron chi connectivity index (χ1n) is 6.56. The summed E-state index contributed by atoms with van der Waals surface area (Å²) in [6, 6.07) is 10.6.